The highest BCUT2D eigenvalue weighted by molar-refractivity contribution is 5.68. The van der Waals surface area contributed by atoms with Crippen LogP contribution in [-0.4, -0.2) is 54.9 Å². The summed E-state index contributed by atoms with van der Waals surface area (Å²) in [5.74, 6) is 0. The number of nitrogens with zero attached hydrogens (tertiary/aromatic N) is 2. The van der Waals surface area contributed by atoms with Crippen LogP contribution in [0.2, 0.25) is 0 Å². The first kappa shape index (κ1) is 18.4. The Hall–Kier alpha value is -1.66. The van der Waals surface area contributed by atoms with Crippen molar-refractivity contribution in [3.05, 3.63) is 30.1 Å². The second-order valence-corrected chi connectivity index (χ2v) is 6.00. The van der Waals surface area contributed by atoms with E-state index in [2.05, 4.69) is 10.3 Å². The topological polar surface area (TPSA) is 63.7 Å². The summed E-state index contributed by atoms with van der Waals surface area (Å²) in [4.78, 5) is 17.9. The number of carbonyl (C=O) groups is 1. The standard InChI is InChI=1S/C16H27N3O3/c1-16(2,3)22-15(20)19(10-11-21-4)9-8-18-13-14-6-5-7-17-12-14/h5-7,12,18H,8-11,13H2,1-4H3. The van der Waals surface area contributed by atoms with Crippen molar-refractivity contribution in [2.45, 2.75) is 32.9 Å². The maximum absolute atomic E-state index is 12.1. The molecule has 1 aromatic rings. The van der Waals surface area contributed by atoms with Gasteiger partial charge in [0.25, 0.3) is 0 Å². The highest BCUT2D eigenvalue weighted by atomic mass is 16.6. The molecule has 124 valence electrons. The molecular weight excluding hydrogens is 282 g/mol. The number of hydrogen-bond acceptors (Lipinski definition) is 5. The molecule has 1 rings (SSSR count). The smallest absolute Gasteiger partial charge is 0.410 e. The van der Waals surface area contributed by atoms with Gasteiger partial charge in [0, 0.05) is 45.7 Å². The summed E-state index contributed by atoms with van der Waals surface area (Å²) in [5.41, 5.74) is 0.620. The van der Waals surface area contributed by atoms with Gasteiger partial charge in [0.15, 0.2) is 0 Å². The predicted molar refractivity (Wildman–Crippen MR) is 85.6 cm³/mol. The molecule has 0 saturated carbocycles. The van der Waals surface area contributed by atoms with E-state index in [4.69, 9.17) is 9.47 Å². The molecule has 6 heteroatoms. The average Bonchev–Trinajstić information content (AvgIpc) is 2.45. The van der Waals surface area contributed by atoms with Crippen LogP contribution in [0, 0.1) is 0 Å². The first-order valence-corrected chi connectivity index (χ1v) is 7.49. The molecule has 1 heterocycles. The molecule has 22 heavy (non-hydrogen) atoms. The number of carbonyl (C=O) groups excluding carboxylic acids is 1. The first-order valence-electron chi connectivity index (χ1n) is 7.49. The molecule has 6 nitrogen and oxygen atoms in total. The summed E-state index contributed by atoms with van der Waals surface area (Å²) < 4.78 is 10.5. The maximum atomic E-state index is 12.1. The van der Waals surface area contributed by atoms with Crippen LogP contribution in [0.4, 0.5) is 4.79 Å². The van der Waals surface area contributed by atoms with E-state index >= 15 is 0 Å². The molecule has 0 atom stereocenters. The number of pyridine rings is 1. The second-order valence-electron chi connectivity index (χ2n) is 6.00. The average molecular weight is 309 g/mol. The molecule has 0 aliphatic rings. The third-order valence-corrected chi connectivity index (χ3v) is 2.83. The predicted octanol–water partition coefficient (Wildman–Crippen LogP) is 2.05. The van der Waals surface area contributed by atoms with E-state index in [0.717, 1.165) is 12.1 Å². The van der Waals surface area contributed by atoms with Gasteiger partial charge in [-0.3, -0.25) is 4.98 Å². The van der Waals surface area contributed by atoms with Crippen molar-refractivity contribution in [2.24, 2.45) is 0 Å². The van der Waals surface area contributed by atoms with Gasteiger partial charge in [-0.25, -0.2) is 4.79 Å². The Morgan fingerprint density at radius 3 is 2.73 bits per heavy atom. The van der Waals surface area contributed by atoms with Crippen molar-refractivity contribution in [1.82, 2.24) is 15.2 Å². The molecule has 0 radical (unpaired) electrons. The molecule has 0 saturated heterocycles. The lowest BCUT2D eigenvalue weighted by Crippen LogP contribution is -2.42. The molecule has 0 fully saturated rings. The molecule has 1 N–H and O–H groups in total. The van der Waals surface area contributed by atoms with Crippen molar-refractivity contribution in [1.29, 1.82) is 0 Å². The van der Waals surface area contributed by atoms with E-state index in [1.807, 2.05) is 39.1 Å². The minimum absolute atomic E-state index is 0.312. The fourth-order valence-electron chi connectivity index (χ4n) is 1.77. The summed E-state index contributed by atoms with van der Waals surface area (Å²) in [5, 5.41) is 3.30. The quantitative estimate of drug-likeness (QED) is 0.745. The molecule has 1 amide bonds. The van der Waals surface area contributed by atoms with E-state index in [-0.39, 0.29) is 6.09 Å². The summed E-state index contributed by atoms with van der Waals surface area (Å²) in [6, 6.07) is 3.92. The first-order chi connectivity index (χ1) is 10.4. The second kappa shape index (κ2) is 9.38. The molecule has 0 aromatic carbocycles. The van der Waals surface area contributed by atoms with Crippen LogP contribution >= 0.6 is 0 Å². The van der Waals surface area contributed by atoms with Crippen molar-refractivity contribution >= 4 is 6.09 Å². The summed E-state index contributed by atoms with van der Waals surface area (Å²) >= 11 is 0. The minimum atomic E-state index is -0.495. The van der Waals surface area contributed by atoms with Crippen LogP contribution in [-0.2, 0) is 16.0 Å². The number of methoxy groups -OCH3 is 1. The number of hydrogen-bond donors (Lipinski definition) is 1. The number of rotatable bonds is 8. The van der Waals surface area contributed by atoms with Crippen molar-refractivity contribution in [2.75, 3.05) is 33.4 Å². The Kier molecular flexibility index (Phi) is 7.84. The lowest BCUT2D eigenvalue weighted by molar-refractivity contribution is 0.0204. The zero-order chi connectivity index (χ0) is 16.4. The van der Waals surface area contributed by atoms with Gasteiger partial charge in [-0.1, -0.05) is 6.07 Å². The molecule has 0 unspecified atom stereocenters. The Balaban J connectivity index is 2.39. The van der Waals surface area contributed by atoms with E-state index in [9.17, 15) is 4.79 Å². The molecular formula is C16H27N3O3. The van der Waals surface area contributed by atoms with Crippen molar-refractivity contribution < 1.29 is 14.3 Å². The van der Waals surface area contributed by atoms with Gasteiger partial charge in [-0.15, -0.1) is 0 Å². The fourth-order valence-corrected chi connectivity index (χ4v) is 1.77. The maximum Gasteiger partial charge on any atom is 0.410 e. The number of amides is 1. The molecule has 0 aliphatic carbocycles. The Morgan fingerprint density at radius 2 is 2.14 bits per heavy atom. The lowest BCUT2D eigenvalue weighted by atomic mass is 10.2. The highest BCUT2D eigenvalue weighted by Gasteiger charge is 2.21. The SMILES string of the molecule is COCCN(CCNCc1cccnc1)C(=O)OC(C)(C)C. The van der Waals surface area contributed by atoms with Crippen LogP contribution < -0.4 is 5.32 Å². The molecule has 0 bridgehead atoms. The molecule has 1 aromatic heterocycles. The summed E-state index contributed by atoms with van der Waals surface area (Å²) in [6.07, 6.45) is 3.26. The normalized spacial score (nSPS) is 11.3. The van der Waals surface area contributed by atoms with Gasteiger partial charge < -0.3 is 19.7 Å². The lowest BCUT2D eigenvalue weighted by Gasteiger charge is -2.27. The van der Waals surface area contributed by atoms with E-state index in [0.29, 0.717) is 26.2 Å². The largest absolute Gasteiger partial charge is 0.444 e. The number of aromatic nitrogens is 1. The van der Waals surface area contributed by atoms with E-state index in [1.54, 1.807) is 18.2 Å². The van der Waals surface area contributed by atoms with Gasteiger partial charge in [-0.05, 0) is 32.4 Å². The zero-order valence-corrected chi connectivity index (χ0v) is 14.0. The minimum Gasteiger partial charge on any atom is -0.444 e. The van der Waals surface area contributed by atoms with Crippen LogP contribution in [0.3, 0.4) is 0 Å². The van der Waals surface area contributed by atoms with E-state index in [1.165, 1.54) is 0 Å². The van der Waals surface area contributed by atoms with Crippen LogP contribution in [0.25, 0.3) is 0 Å². The van der Waals surface area contributed by atoms with Gasteiger partial charge in [0.1, 0.15) is 5.60 Å². The Morgan fingerprint density at radius 1 is 1.36 bits per heavy atom. The van der Waals surface area contributed by atoms with Crippen LogP contribution in [0.5, 0.6) is 0 Å². The fraction of sp³-hybridized carbons (Fsp3) is 0.625. The Bertz CT molecular complexity index is 432. The number of ether oxygens (including phenoxy) is 2. The highest BCUT2D eigenvalue weighted by Crippen LogP contribution is 2.09. The molecule has 0 spiro atoms. The third-order valence-electron chi connectivity index (χ3n) is 2.83. The van der Waals surface area contributed by atoms with E-state index < -0.39 is 5.60 Å². The zero-order valence-electron chi connectivity index (χ0n) is 14.0. The van der Waals surface area contributed by atoms with Gasteiger partial charge in [0.2, 0.25) is 0 Å². The van der Waals surface area contributed by atoms with Crippen molar-refractivity contribution in [3.8, 4) is 0 Å². The van der Waals surface area contributed by atoms with Crippen LogP contribution in [0.15, 0.2) is 24.5 Å². The van der Waals surface area contributed by atoms with Crippen LogP contribution in [0.1, 0.15) is 26.3 Å². The third kappa shape index (κ3) is 7.95. The van der Waals surface area contributed by atoms with Gasteiger partial charge in [0.05, 0.1) is 6.61 Å². The monoisotopic (exact) mass is 309 g/mol. The van der Waals surface area contributed by atoms with Crippen molar-refractivity contribution in [3.63, 3.8) is 0 Å². The Labute approximate surface area is 132 Å². The summed E-state index contributed by atoms with van der Waals surface area (Å²) in [6.45, 7) is 8.55. The molecule has 0 aliphatic heterocycles. The van der Waals surface area contributed by atoms with Gasteiger partial charge >= 0.3 is 6.09 Å². The summed E-state index contributed by atoms with van der Waals surface area (Å²) in [7, 11) is 1.62. The number of nitrogens with one attached hydrogen (secondary N) is 1. The van der Waals surface area contributed by atoms with Gasteiger partial charge in [-0.2, -0.15) is 0 Å².